The van der Waals surface area contributed by atoms with Crippen LogP contribution >= 0.6 is 0 Å². The minimum absolute atomic E-state index is 0.120. The highest BCUT2D eigenvalue weighted by molar-refractivity contribution is 5.80. The molecule has 0 fully saturated rings. The Morgan fingerprint density at radius 1 is 0.762 bits per heavy atom. The standard InChI is InChI=1S/C18H22O3/c1-4-13-14(5-2)17(20)15(6-3)18(21)16(13)11-8-7-9-12(19)10-11/h7-10,19-21H,4-6H2,1-3H3. The monoisotopic (exact) mass is 286 g/mol. The van der Waals surface area contributed by atoms with Crippen LogP contribution in [0.3, 0.4) is 0 Å². The van der Waals surface area contributed by atoms with Gasteiger partial charge in [-0.1, -0.05) is 32.9 Å². The quantitative estimate of drug-likeness (QED) is 0.791. The molecule has 21 heavy (non-hydrogen) atoms. The molecule has 0 spiro atoms. The number of aromatic hydroxyl groups is 3. The third kappa shape index (κ3) is 2.56. The summed E-state index contributed by atoms with van der Waals surface area (Å²) in [5, 5.41) is 30.7. The van der Waals surface area contributed by atoms with Crippen LogP contribution in [0.2, 0.25) is 0 Å². The summed E-state index contributed by atoms with van der Waals surface area (Å²) in [6.07, 6.45) is 1.97. The summed E-state index contributed by atoms with van der Waals surface area (Å²) in [4.78, 5) is 0. The second-order valence-electron chi connectivity index (χ2n) is 5.12. The lowest BCUT2D eigenvalue weighted by molar-refractivity contribution is 0.435. The number of hydrogen-bond acceptors (Lipinski definition) is 3. The van der Waals surface area contributed by atoms with E-state index < -0.39 is 0 Å². The first-order valence-corrected chi connectivity index (χ1v) is 7.42. The van der Waals surface area contributed by atoms with E-state index in [2.05, 4.69) is 0 Å². The molecular formula is C18H22O3. The van der Waals surface area contributed by atoms with E-state index >= 15 is 0 Å². The van der Waals surface area contributed by atoms with Crippen molar-refractivity contribution in [3.05, 3.63) is 41.0 Å². The van der Waals surface area contributed by atoms with Gasteiger partial charge in [-0.15, -0.1) is 0 Å². The predicted octanol–water partition coefficient (Wildman–Crippen LogP) is 4.16. The Morgan fingerprint density at radius 3 is 1.90 bits per heavy atom. The summed E-state index contributed by atoms with van der Waals surface area (Å²) in [5.41, 5.74) is 3.89. The van der Waals surface area contributed by atoms with E-state index in [-0.39, 0.29) is 17.2 Å². The Hall–Kier alpha value is -2.16. The fourth-order valence-corrected chi connectivity index (χ4v) is 2.96. The van der Waals surface area contributed by atoms with E-state index in [4.69, 9.17) is 0 Å². The molecule has 3 N–H and O–H groups in total. The Balaban J connectivity index is 2.86. The molecule has 0 aliphatic heterocycles. The molecule has 0 aliphatic carbocycles. The maximum Gasteiger partial charge on any atom is 0.130 e. The van der Waals surface area contributed by atoms with Gasteiger partial charge in [-0.25, -0.2) is 0 Å². The van der Waals surface area contributed by atoms with Crippen molar-refractivity contribution in [3.63, 3.8) is 0 Å². The van der Waals surface area contributed by atoms with Gasteiger partial charge in [0.25, 0.3) is 0 Å². The first-order valence-electron chi connectivity index (χ1n) is 7.42. The molecule has 2 rings (SSSR count). The van der Waals surface area contributed by atoms with Crippen LogP contribution < -0.4 is 0 Å². The first-order chi connectivity index (χ1) is 10.0. The zero-order chi connectivity index (χ0) is 15.6. The van der Waals surface area contributed by atoms with E-state index in [1.807, 2.05) is 26.8 Å². The highest BCUT2D eigenvalue weighted by Crippen LogP contribution is 2.44. The normalized spacial score (nSPS) is 10.8. The predicted molar refractivity (Wildman–Crippen MR) is 85.0 cm³/mol. The Labute approximate surface area is 125 Å². The van der Waals surface area contributed by atoms with Crippen LogP contribution in [0.25, 0.3) is 11.1 Å². The number of rotatable bonds is 4. The molecule has 3 heteroatoms. The molecule has 0 atom stereocenters. The zero-order valence-electron chi connectivity index (χ0n) is 12.8. The molecule has 0 aliphatic rings. The average molecular weight is 286 g/mol. The van der Waals surface area contributed by atoms with Crippen molar-refractivity contribution in [1.82, 2.24) is 0 Å². The Morgan fingerprint density at radius 2 is 1.38 bits per heavy atom. The second kappa shape index (κ2) is 6.08. The molecule has 3 nitrogen and oxygen atoms in total. The Kier molecular flexibility index (Phi) is 4.41. The lowest BCUT2D eigenvalue weighted by atomic mass is 9.87. The van der Waals surface area contributed by atoms with Crippen molar-refractivity contribution in [2.24, 2.45) is 0 Å². The molecule has 2 aromatic carbocycles. The minimum Gasteiger partial charge on any atom is -0.508 e. The van der Waals surface area contributed by atoms with E-state index in [1.165, 1.54) is 0 Å². The van der Waals surface area contributed by atoms with E-state index in [0.717, 1.165) is 22.3 Å². The van der Waals surface area contributed by atoms with Crippen LogP contribution in [0.1, 0.15) is 37.5 Å². The van der Waals surface area contributed by atoms with Crippen molar-refractivity contribution < 1.29 is 15.3 Å². The van der Waals surface area contributed by atoms with Crippen LogP contribution in [0.5, 0.6) is 17.2 Å². The maximum atomic E-state index is 10.6. The van der Waals surface area contributed by atoms with Crippen molar-refractivity contribution in [2.45, 2.75) is 40.0 Å². The van der Waals surface area contributed by atoms with Gasteiger partial charge in [-0.2, -0.15) is 0 Å². The van der Waals surface area contributed by atoms with Crippen molar-refractivity contribution in [3.8, 4) is 28.4 Å². The van der Waals surface area contributed by atoms with Crippen molar-refractivity contribution in [1.29, 1.82) is 0 Å². The molecule has 0 amide bonds. The topological polar surface area (TPSA) is 60.7 Å². The third-order valence-corrected chi connectivity index (χ3v) is 3.96. The summed E-state index contributed by atoms with van der Waals surface area (Å²) in [6.45, 7) is 5.91. The fourth-order valence-electron chi connectivity index (χ4n) is 2.96. The fraction of sp³-hybridized carbons (Fsp3) is 0.333. The Bertz CT molecular complexity index is 660. The maximum absolute atomic E-state index is 10.6. The van der Waals surface area contributed by atoms with Gasteiger partial charge in [0.2, 0.25) is 0 Å². The molecule has 0 saturated carbocycles. The van der Waals surface area contributed by atoms with Gasteiger partial charge >= 0.3 is 0 Å². The van der Waals surface area contributed by atoms with Gasteiger partial charge < -0.3 is 15.3 Å². The number of benzene rings is 2. The van der Waals surface area contributed by atoms with E-state index in [1.54, 1.807) is 18.2 Å². The molecule has 112 valence electrons. The van der Waals surface area contributed by atoms with Gasteiger partial charge in [-0.05, 0) is 48.1 Å². The largest absolute Gasteiger partial charge is 0.508 e. The van der Waals surface area contributed by atoms with Gasteiger partial charge in [0.15, 0.2) is 0 Å². The summed E-state index contributed by atoms with van der Waals surface area (Å²) in [7, 11) is 0. The minimum atomic E-state index is 0.120. The summed E-state index contributed by atoms with van der Waals surface area (Å²) in [5.74, 6) is 0.492. The SMILES string of the molecule is CCc1c(O)c(CC)c(CC)c(-c2cccc(O)c2)c1O. The van der Waals surface area contributed by atoms with E-state index in [9.17, 15) is 15.3 Å². The number of phenolic OH excluding ortho intramolecular Hbond substituents is 3. The highest BCUT2D eigenvalue weighted by atomic mass is 16.3. The third-order valence-electron chi connectivity index (χ3n) is 3.96. The van der Waals surface area contributed by atoms with E-state index in [0.29, 0.717) is 24.8 Å². The van der Waals surface area contributed by atoms with Gasteiger partial charge in [0, 0.05) is 11.1 Å². The molecule has 2 aromatic rings. The summed E-state index contributed by atoms with van der Waals surface area (Å²) in [6, 6.07) is 6.87. The van der Waals surface area contributed by atoms with Gasteiger partial charge in [-0.3, -0.25) is 0 Å². The second-order valence-corrected chi connectivity index (χ2v) is 5.12. The molecule has 0 heterocycles. The first kappa shape index (κ1) is 15.2. The molecule has 0 aromatic heterocycles. The molecular weight excluding hydrogens is 264 g/mol. The van der Waals surface area contributed by atoms with Gasteiger partial charge in [0.05, 0.1) is 0 Å². The molecule has 0 bridgehead atoms. The van der Waals surface area contributed by atoms with Gasteiger partial charge in [0.1, 0.15) is 17.2 Å². The van der Waals surface area contributed by atoms with Crippen LogP contribution in [0.4, 0.5) is 0 Å². The van der Waals surface area contributed by atoms with Crippen LogP contribution in [-0.2, 0) is 19.3 Å². The lowest BCUT2D eigenvalue weighted by Crippen LogP contribution is -2.00. The zero-order valence-corrected chi connectivity index (χ0v) is 12.8. The smallest absolute Gasteiger partial charge is 0.130 e. The molecule has 0 unspecified atom stereocenters. The number of phenols is 3. The summed E-state index contributed by atoms with van der Waals surface area (Å²) < 4.78 is 0. The van der Waals surface area contributed by atoms with Crippen LogP contribution in [0.15, 0.2) is 24.3 Å². The molecule has 0 saturated heterocycles. The van der Waals surface area contributed by atoms with Crippen LogP contribution in [0, 0.1) is 0 Å². The summed E-state index contributed by atoms with van der Waals surface area (Å²) >= 11 is 0. The lowest BCUT2D eigenvalue weighted by Gasteiger charge is -2.20. The number of hydrogen-bond donors (Lipinski definition) is 3. The van der Waals surface area contributed by atoms with Crippen molar-refractivity contribution >= 4 is 0 Å². The van der Waals surface area contributed by atoms with Crippen molar-refractivity contribution in [2.75, 3.05) is 0 Å². The highest BCUT2D eigenvalue weighted by Gasteiger charge is 2.21. The molecule has 0 radical (unpaired) electrons. The van der Waals surface area contributed by atoms with Crippen LogP contribution in [-0.4, -0.2) is 15.3 Å². The average Bonchev–Trinajstić information content (AvgIpc) is 2.47.